The molecule has 1 spiro atoms. The Bertz CT molecular complexity index is 1250. The summed E-state index contributed by atoms with van der Waals surface area (Å²) in [6, 6.07) is 0. The van der Waals surface area contributed by atoms with Gasteiger partial charge in [0.25, 0.3) is 0 Å². The molecule has 2 heterocycles. The molecule has 290 valence electrons. The molecule has 5 N–H and O–H groups in total. The van der Waals surface area contributed by atoms with Gasteiger partial charge in [-0.15, -0.1) is 0 Å². The Morgan fingerprint density at radius 1 is 1.04 bits per heavy atom. The van der Waals surface area contributed by atoms with Gasteiger partial charge in [-0.1, -0.05) is 97.1 Å². The average molecular weight is 714 g/mol. The molecule has 0 radical (unpaired) electrons. The largest absolute Gasteiger partial charge is 0.393 e. The molecule has 0 aromatic carbocycles. The summed E-state index contributed by atoms with van der Waals surface area (Å²) in [6.07, 6.45) is 17.4. The number of aliphatic hydroxyl groups is 4. The zero-order valence-electron chi connectivity index (χ0n) is 33.2. The minimum atomic E-state index is -0.829. The molecule has 8 nitrogen and oxygen atoms in total. The zero-order valence-corrected chi connectivity index (χ0v) is 33.2. The molecule has 0 aromatic heterocycles. The average Bonchev–Trinajstić information content (AvgIpc) is 3.07. The maximum atomic E-state index is 12.8. The number of carbonyl (C=O) groups excluding carboxylic acids is 2. The summed E-state index contributed by atoms with van der Waals surface area (Å²) in [7, 11) is 0. The molecule has 0 saturated carbocycles. The normalized spacial score (nSPS) is 29.0. The van der Waals surface area contributed by atoms with Crippen LogP contribution >= 0.6 is 0 Å². The molecular formula is C43H71NO7. The van der Waals surface area contributed by atoms with Crippen LogP contribution in [0.1, 0.15) is 121 Å². The molecule has 51 heavy (non-hydrogen) atoms. The fraction of sp³-hybridized carbons (Fsp3) is 0.721. The van der Waals surface area contributed by atoms with Crippen LogP contribution in [0.2, 0.25) is 0 Å². The Balaban J connectivity index is 1.80. The number of allylic oxidation sites excluding steroid dienone is 5. The van der Waals surface area contributed by atoms with Crippen molar-refractivity contribution in [2.45, 2.75) is 157 Å². The van der Waals surface area contributed by atoms with Crippen LogP contribution in [-0.2, 0) is 14.3 Å². The maximum absolute atomic E-state index is 12.8. The Hall–Kier alpha value is -2.36. The highest BCUT2D eigenvalue weighted by molar-refractivity contribution is 5.81. The molecular weight excluding hydrogens is 642 g/mol. The van der Waals surface area contributed by atoms with Crippen LogP contribution < -0.4 is 5.32 Å². The van der Waals surface area contributed by atoms with E-state index in [0.29, 0.717) is 25.7 Å². The van der Waals surface area contributed by atoms with E-state index in [1.54, 1.807) is 25.2 Å². The number of amides is 1. The van der Waals surface area contributed by atoms with E-state index in [0.717, 1.165) is 36.8 Å². The fourth-order valence-corrected chi connectivity index (χ4v) is 7.55. The lowest BCUT2D eigenvalue weighted by Crippen LogP contribution is -2.64. The highest BCUT2D eigenvalue weighted by Gasteiger charge is 2.50. The topological polar surface area (TPSA) is 136 Å². The molecule has 0 aromatic rings. The van der Waals surface area contributed by atoms with Gasteiger partial charge in [-0.05, 0) is 88.2 Å². The van der Waals surface area contributed by atoms with Crippen molar-refractivity contribution >= 4 is 11.7 Å². The van der Waals surface area contributed by atoms with E-state index in [2.05, 4.69) is 38.2 Å². The van der Waals surface area contributed by atoms with Gasteiger partial charge in [-0.3, -0.25) is 4.79 Å². The summed E-state index contributed by atoms with van der Waals surface area (Å²) in [6.45, 7) is 19.7. The maximum Gasteiger partial charge on any atom is 0.225 e. The van der Waals surface area contributed by atoms with Crippen LogP contribution in [0.3, 0.4) is 0 Å². The van der Waals surface area contributed by atoms with Gasteiger partial charge in [0.15, 0.2) is 5.72 Å². The van der Waals surface area contributed by atoms with Crippen LogP contribution in [0.4, 0.5) is 0 Å². The minimum absolute atomic E-state index is 0.0111. The minimum Gasteiger partial charge on any atom is -0.393 e. The van der Waals surface area contributed by atoms with Gasteiger partial charge in [-0.25, -0.2) is 0 Å². The van der Waals surface area contributed by atoms with Crippen molar-refractivity contribution in [2.24, 2.45) is 41.4 Å². The van der Waals surface area contributed by atoms with Crippen LogP contribution in [0, 0.1) is 41.4 Å². The fourth-order valence-electron chi connectivity index (χ4n) is 7.55. The molecule has 2 aliphatic rings. The van der Waals surface area contributed by atoms with Gasteiger partial charge in [0, 0.05) is 36.5 Å². The molecule has 0 bridgehead atoms. The van der Waals surface area contributed by atoms with E-state index in [1.165, 1.54) is 0 Å². The van der Waals surface area contributed by atoms with E-state index in [4.69, 9.17) is 4.74 Å². The number of hydrogen-bond donors (Lipinski definition) is 5. The molecule has 0 aliphatic carbocycles. The molecule has 12 atom stereocenters. The van der Waals surface area contributed by atoms with Crippen LogP contribution in [0.25, 0.3) is 0 Å². The number of Topliss-reactive ketones (excluding diaryl/α,β-unsaturated/α-hetero) is 1. The standard InChI is InChI=1S/C43H71NO7/c1-11-35-25-32(8)43(44-42(35)50)31(7)24-30(6)40(51-43)26-39(48)29(5)19-15-12-14-18-28(4)37(46)20-16-13-17-21-38(47)34(10)41(49)36(27(2)3)23-22-33(9)45/h12-14,16-18,21,24,27,29-30,32,34-41,46-49H,11,15,19-20,22-23,25-26H2,1-10H3,(H,44,50)/b14-12+,16-13+,21-17+,28-18+. The van der Waals surface area contributed by atoms with Gasteiger partial charge in [0.1, 0.15) is 5.78 Å². The second-order valence-corrected chi connectivity index (χ2v) is 16.1. The summed E-state index contributed by atoms with van der Waals surface area (Å²) in [5, 5.41) is 46.4. The third-order valence-corrected chi connectivity index (χ3v) is 11.6. The summed E-state index contributed by atoms with van der Waals surface area (Å²) < 4.78 is 6.68. The van der Waals surface area contributed by atoms with Crippen LogP contribution in [-0.4, -0.2) is 68.4 Å². The lowest BCUT2D eigenvalue weighted by molar-refractivity contribution is -0.179. The summed E-state index contributed by atoms with van der Waals surface area (Å²) in [5.74, 6) is 0.273. The smallest absolute Gasteiger partial charge is 0.225 e. The highest BCUT2D eigenvalue weighted by atomic mass is 16.5. The van der Waals surface area contributed by atoms with Crippen molar-refractivity contribution in [3.05, 3.63) is 59.8 Å². The summed E-state index contributed by atoms with van der Waals surface area (Å²) >= 11 is 0. The lowest BCUT2D eigenvalue weighted by Gasteiger charge is -2.51. The first-order valence-electron chi connectivity index (χ1n) is 19.5. The third-order valence-electron chi connectivity index (χ3n) is 11.6. The van der Waals surface area contributed by atoms with Crippen molar-refractivity contribution in [3.63, 3.8) is 0 Å². The third kappa shape index (κ3) is 13.2. The Morgan fingerprint density at radius 3 is 2.35 bits per heavy atom. The SMILES string of the molecule is CCC1CC(C)C2(NC1=O)OC(CC(O)C(C)CC/C=C/C=C(\C)C(O)C/C=C/C=C/C(O)C(C)C(O)C(CCC(C)=O)C(C)C)C(C)C=C2C. The van der Waals surface area contributed by atoms with Gasteiger partial charge in [-0.2, -0.15) is 0 Å². The molecule has 1 amide bonds. The second kappa shape index (κ2) is 21.4. The predicted octanol–water partition coefficient (Wildman–Crippen LogP) is 7.38. The molecule has 2 rings (SSSR count). The Kier molecular flexibility index (Phi) is 18.8. The highest BCUT2D eigenvalue weighted by Crippen LogP contribution is 2.43. The number of piperidine rings is 1. The van der Waals surface area contributed by atoms with Gasteiger partial charge >= 0.3 is 0 Å². The first kappa shape index (κ1) is 44.8. The van der Waals surface area contributed by atoms with Crippen LogP contribution in [0.15, 0.2) is 59.8 Å². The molecule has 1 fully saturated rings. The zero-order chi connectivity index (χ0) is 38.5. The second-order valence-electron chi connectivity index (χ2n) is 16.1. The van der Waals surface area contributed by atoms with E-state index in [9.17, 15) is 30.0 Å². The number of hydrogen-bond acceptors (Lipinski definition) is 7. The predicted molar refractivity (Wildman–Crippen MR) is 206 cm³/mol. The van der Waals surface area contributed by atoms with Gasteiger partial charge in [0.05, 0.1) is 30.5 Å². The first-order valence-corrected chi connectivity index (χ1v) is 19.5. The van der Waals surface area contributed by atoms with E-state index in [-0.39, 0.29) is 59.2 Å². The number of rotatable bonds is 20. The summed E-state index contributed by atoms with van der Waals surface area (Å²) in [5.41, 5.74) is 1.09. The first-order chi connectivity index (χ1) is 23.9. The number of nitrogens with one attached hydrogen (secondary N) is 1. The lowest BCUT2D eigenvalue weighted by atomic mass is 9.75. The van der Waals surface area contributed by atoms with Crippen molar-refractivity contribution in [2.75, 3.05) is 0 Å². The van der Waals surface area contributed by atoms with Crippen molar-refractivity contribution in [1.82, 2.24) is 5.32 Å². The number of ether oxygens (including phenoxy) is 1. The quantitative estimate of drug-likeness (QED) is 0.0656. The van der Waals surface area contributed by atoms with Crippen molar-refractivity contribution < 1.29 is 34.8 Å². The van der Waals surface area contributed by atoms with Crippen molar-refractivity contribution in [1.29, 1.82) is 0 Å². The van der Waals surface area contributed by atoms with Gasteiger partial charge < -0.3 is 35.3 Å². The monoisotopic (exact) mass is 714 g/mol. The van der Waals surface area contributed by atoms with E-state index < -0.39 is 30.1 Å². The number of ketones is 1. The number of aliphatic hydroxyl groups excluding tert-OH is 4. The van der Waals surface area contributed by atoms with Crippen LogP contribution in [0.5, 0.6) is 0 Å². The molecule has 8 heteroatoms. The number of carbonyl (C=O) groups is 2. The molecule has 2 aliphatic heterocycles. The summed E-state index contributed by atoms with van der Waals surface area (Å²) in [4.78, 5) is 24.3. The van der Waals surface area contributed by atoms with E-state index >= 15 is 0 Å². The Labute approximate surface area is 309 Å². The molecule has 1 saturated heterocycles. The van der Waals surface area contributed by atoms with Crippen molar-refractivity contribution in [3.8, 4) is 0 Å². The van der Waals surface area contributed by atoms with E-state index in [1.807, 2.05) is 59.8 Å². The Morgan fingerprint density at radius 2 is 1.73 bits per heavy atom. The van der Waals surface area contributed by atoms with Gasteiger partial charge in [0.2, 0.25) is 5.91 Å². The molecule has 12 unspecified atom stereocenters.